The van der Waals surface area contributed by atoms with Crippen molar-refractivity contribution in [2.24, 2.45) is 0 Å². The predicted octanol–water partition coefficient (Wildman–Crippen LogP) is 6.15. The zero-order valence-electron chi connectivity index (χ0n) is 15.2. The molecular weight excluding hydrogens is 496 g/mol. The number of rotatable bonds is 4. The van der Waals surface area contributed by atoms with Gasteiger partial charge in [0.25, 0.3) is 0 Å². The van der Waals surface area contributed by atoms with Gasteiger partial charge in [-0.1, -0.05) is 52.6 Å². The number of fused-ring (bicyclic) bond motifs is 1. The highest BCUT2D eigenvalue weighted by Crippen LogP contribution is 2.37. The maximum Gasteiger partial charge on any atom is 0.417 e. The highest BCUT2D eigenvalue weighted by atomic mass is 35.5. The van der Waals surface area contributed by atoms with Crippen LogP contribution in [-0.4, -0.2) is 19.2 Å². The van der Waals surface area contributed by atoms with E-state index in [0.717, 1.165) is 16.2 Å². The first-order valence-electron chi connectivity index (χ1n) is 8.55. The van der Waals surface area contributed by atoms with Crippen molar-refractivity contribution in [3.05, 3.63) is 85.3 Å². The fourth-order valence-electron chi connectivity index (χ4n) is 2.92. The second-order valence-electron chi connectivity index (χ2n) is 6.35. The molecule has 0 aliphatic heterocycles. The first kappa shape index (κ1) is 22.0. The predicted molar refractivity (Wildman–Crippen MR) is 115 cm³/mol. The summed E-state index contributed by atoms with van der Waals surface area (Å²) in [4.78, 5) is 12.9. The molecule has 0 saturated heterocycles. The van der Waals surface area contributed by atoms with Crippen LogP contribution in [0.2, 0.25) is 15.1 Å². The van der Waals surface area contributed by atoms with E-state index in [2.05, 4.69) is 10.2 Å². The van der Waals surface area contributed by atoms with E-state index in [4.69, 9.17) is 34.8 Å². The Morgan fingerprint density at radius 3 is 2.39 bits per heavy atom. The number of nitrogens with zero attached hydrogens (tertiary/aromatic N) is 4. The molecule has 31 heavy (non-hydrogen) atoms. The summed E-state index contributed by atoms with van der Waals surface area (Å²) in [6.45, 7) is 0. The van der Waals surface area contributed by atoms with E-state index in [0.29, 0.717) is 21.0 Å². The third kappa shape index (κ3) is 4.41. The molecule has 5 nitrogen and oxygen atoms in total. The number of thioether (sulfide) groups is 1. The molecule has 0 bridgehead atoms. The number of benzene rings is 2. The van der Waals surface area contributed by atoms with E-state index >= 15 is 0 Å². The molecule has 160 valence electrons. The lowest BCUT2D eigenvalue weighted by molar-refractivity contribution is -0.137. The van der Waals surface area contributed by atoms with Gasteiger partial charge in [-0.2, -0.15) is 13.2 Å². The zero-order valence-corrected chi connectivity index (χ0v) is 18.3. The monoisotopic (exact) mass is 504 g/mol. The minimum Gasteiger partial charge on any atom is -0.278 e. The first-order valence-corrected chi connectivity index (χ1v) is 10.7. The molecule has 0 unspecified atom stereocenters. The average Bonchev–Trinajstić information content (AvgIpc) is 3.09. The van der Waals surface area contributed by atoms with Gasteiger partial charge < -0.3 is 0 Å². The Hall–Kier alpha value is -2.20. The van der Waals surface area contributed by atoms with E-state index in [1.165, 1.54) is 40.7 Å². The first-order chi connectivity index (χ1) is 14.6. The van der Waals surface area contributed by atoms with Crippen molar-refractivity contribution in [1.29, 1.82) is 0 Å². The highest BCUT2D eigenvalue weighted by Gasteiger charge is 2.34. The Kier molecular flexibility index (Phi) is 5.95. The van der Waals surface area contributed by atoms with Crippen molar-refractivity contribution in [3.63, 3.8) is 0 Å². The van der Waals surface area contributed by atoms with E-state index in [1.54, 1.807) is 18.2 Å². The molecule has 0 saturated carbocycles. The Morgan fingerprint density at radius 1 is 1.00 bits per heavy atom. The molecule has 0 aliphatic rings. The van der Waals surface area contributed by atoms with E-state index < -0.39 is 22.3 Å². The van der Waals surface area contributed by atoms with Crippen LogP contribution in [0.25, 0.3) is 11.3 Å². The average molecular weight is 506 g/mol. The number of aromatic nitrogens is 4. The fraction of sp³-hybridized carbons (Fsp3) is 0.105. The summed E-state index contributed by atoms with van der Waals surface area (Å²) in [6, 6.07) is 8.49. The van der Waals surface area contributed by atoms with E-state index in [-0.39, 0.29) is 11.3 Å². The maximum atomic E-state index is 13.2. The van der Waals surface area contributed by atoms with Crippen LogP contribution in [-0.2, 0) is 11.9 Å². The van der Waals surface area contributed by atoms with Crippen LogP contribution in [0.15, 0.2) is 58.7 Å². The topological polar surface area (TPSA) is 52.2 Å². The van der Waals surface area contributed by atoms with Crippen LogP contribution in [0, 0.1) is 0 Å². The molecule has 0 fully saturated rings. The van der Waals surface area contributed by atoms with Crippen molar-refractivity contribution < 1.29 is 13.2 Å². The standard InChI is InChI=1S/C19H10Cl3F3N4OS/c20-11-6-10(7-12(21)8-11)9-31-18-27-26-16-17(30)28(4-5-29(16)18)14-3-1-2-13(15(14)22)19(23,24)25/h1-8H,9H2. The molecule has 4 aromatic rings. The molecule has 0 N–H and O–H groups in total. The zero-order chi connectivity index (χ0) is 22.3. The van der Waals surface area contributed by atoms with Gasteiger partial charge in [0.15, 0.2) is 5.16 Å². The van der Waals surface area contributed by atoms with Crippen LogP contribution in [0.3, 0.4) is 0 Å². The van der Waals surface area contributed by atoms with Crippen molar-refractivity contribution in [2.75, 3.05) is 0 Å². The smallest absolute Gasteiger partial charge is 0.278 e. The summed E-state index contributed by atoms with van der Waals surface area (Å²) in [6.07, 6.45) is -1.84. The van der Waals surface area contributed by atoms with Gasteiger partial charge in [-0.15, -0.1) is 10.2 Å². The van der Waals surface area contributed by atoms with Crippen LogP contribution >= 0.6 is 46.6 Å². The van der Waals surface area contributed by atoms with Crippen LogP contribution in [0.4, 0.5) is 13.2 Å². The second-order valence-corrected chi connectivity index (χ2v) is 8.55. The minimum absolute atomic E-state index is 0.0531. The summed E-state index contributed by atoms with van der Waals surface area (Å²) < 4.78 is 41.9. The van der Waals surface area contributed by atoms with E-state index in [1.807, 2.05) is 0 Å². The van der Waals surface area contributed by atoms with Gasteiger partial charge in [0.2, 0.25) is 5.65 Å². The van der Waals surface area contributed by atoms with Crippen LogP contribution < -0.4 is 5.56 Å². The Labute approximate surface area is 192 Å². The van der Waals surface area contributed by atoms with Gasteiger partial charge in [0.05, 0.1) is 16.3 Å². The quantitative estimate of drug-likeness (QED) is 0.312. The maximum absolute atomic E-state index is 13.2. The molecule has 0 amide bonds. The van der Waals surface area contributed by atoms with Gasteiger partial charge in [0.1, 0.15) is 0 Å². The van der Waals surface area contributed by atoms with E-state index in [9.17, 15) is 18.0 Å². The van der Waals surface area contributed by atoms with Crippen molar-refractivity contribution in [2.45, 2.75) is 17.1 Å². The number of alkyl halides is 3. The molecule has 0 atom stereocenters. The molecule has 0 radical (unpaired) electrons. The lowest BCUT2D eigenvalue weighted by Gasteiger charge is -2.13. The van der Waals surface area contributed by atoms with Gasteiger partial charge in [0, 0.05) is 28.2 Å². The lowest BCUT2D eigenvalue weighted by atomic mass is 10.2. The van der Waals surface area contributed by atoms with Gasteiger partial charge in [-0.25, -0.2) is 0 Å². The Balaban J connectivity index is 1.70. The van der Waals surface area contributed by atoms with Crippen molar-refractivity contribution >= 4 is 52.2 Å². The fourth-order valence-corrected chi connectivity index (χ4v) is 4.66. The van der Waals surface area contributed by atoms with Gasteiger partial charge in [-0.05, 0) is 35.9 Å². The third-order valence-corrected chi connectivity index (χ3v) is 6.12. The molecule has 2 aromatic carbocycles. The Bertz CT molecular complexity index is 1330. The molecule has 12 heteroatoms. The van der Waals surface area contributed by atoms with Gasteiger partial charge in [-0.3, -0.25) is 13.8 Å². The largest absolute Gasteiger partial charge is 0.417 e. The summed E-state index contributed by atoms with van der Waals surface area (Å²) >= 11 is 19.3. The molecule has 4 rings (SSSR count). The molecule has 2 aromatic heterocycles. The normalized spacial score (nSPS) is 11.9. The molecule has 2 heterocycles. The van der Waals surface area contributed by atoms with Crippen LogP contribution in [0.1, 0.15) is 11.1 Å². The number of halogens is 6. The molecule has 0 aliphatic carbocycles. The molecule has 0 spiro atoms. The van der Waals surface area contributed by atoms with Gasteiger partial charge >= 0.3 is 11.7 Å². The van der Waals surface area contributed by atoms with Crippen molar-refractivity contribution in [1.82, 2.24) is 19.2 Å². The second kappa shape index (κ2) is 8.38. The summed E-state index contributed by atoms with van der Waals surface area (Å²) in [5.74, 6) is 0.462. The number of hydrogen-bond donors (Lipinski definition) is 0. The summed E-state index contributed by atoms with van der Waals surface area (Å²) in [7, 11) is 0. The highest BCUT2D eigenvalue weighted by molar-refractivity contribution is 7.98. The molecular formula is C19H10Cl3F3N4OS. The third-order valence-electron chi connectivity index (χ3n) is 4.27. The van der Waals surface area contributed by atoms with Crippen LogP contribution in [0.5, 0.6) is 0 Å². The van der Waals surface area contributed by atoms with Crippen molar-refractivity contribution in [3.8, 4) is 5.69 Å². The Morgan fingerprint density at radius 2 is 1.71 bits per heavy atom. The SMILES string of the molecule is O=c1c2nnc(SCc3cc(Cl)cc(Cl)c3)n2ccn1-c1cccc(C(F)(F)F)c1Cl. The minimum atomic E-state index is -4.65. The lowest BCUT2D eigenvalue weighted by Crippen LogP contribution is -2.21. The summed E-state index contributed by atoms with van der Waals surface area (Å²) in [5, 5.41) is 8.74. The summed E-state index contributed by atoms with van der Waals surface area (Å²) in [5.41, 5.74) is -0.995. The number of hydrogen-bond acceptors (Lipinski definition) is 4.